The Kier molecular flexibility index (Phi) is 12.0. The van der Waals surface area contributed by atoms with E-state index >= 15 is 4.39 Å². The largest absolute Gasteiger partial charge is 0.381 e. The molecule has 4 N–H and O–H groups in total. The molecular formula is C46H51FN8O3. The molecule has 58 heavy (non-hydrogen) atoms. The third-order valence-corrected chi connectivity index (χ3v) is 11.3. The maximum atomic E-state index is 15.3. The van der Waals surface area contributed by atoms with E-state index in [4.69, 9.17) is 9.72 Å². The molecule has 2 aromatic heterocycles. The van der Waals surface area contributed by atoms with E-state index in [0.717, 1.165) is 101 Å². The van der Waals surface area contributed by atoms with Gasteiger partial charge in [-0.3, -0.25) is 14.5 Å². The minimum absolute atomic E-state index is 0.151. The van der Waals surface area contributed by atoms with Crippen LogP contribution in [0.25, 0.3) is 32.9 Å². The Morgan fingerprint density at radius 1 is 0.862 bits per heavy atom. The molecule has 0 atom stereocenters. The predicted molar refractivity (Wildman–Crippen MR) is 226 cm³/mol. The fourth-order valence-corrected chi connectivity index (χ4v) is 8.13. The van der Waals surface area contributed by atoms with Crippen LogP contribution in [0, 0.1) is 5.82 Å². The van der Waals surface area contributed by atoms with E-state index in [2.05, 4.69) is 44.3 Å². The standard InChI is InChI=1S/C46H51FN8O3/c1-3-42-39(43(52-35-14-20-58-21-15-35)40-28-51-55(4-2)44(40)53-42)27-50-46(57)38-25-33-10-6-5-9-32(33)24-37(38)45(56)49-26-30-12-13-41(47)36(23-30)34-11-7-8-31(22-34)29-54-18-16-48-17-19-54/h5-13,22-25,28,35,48H,3-4,14-21,26-27,29H2,1-2H3,(H,49,56)(H,50,57)(H,52,53). The number of halogens is 1. The maximum absolute atomic E-state index is 15.3. The van der Waals surface area contributed by atoms with Gasteiger partial charge in [-0.2, -0.15) is 5.10 Å². The zero-order valence-corrected chi connectivity index (χ0v) is 33.2. The Bertz CT molecular complexity index is 2440. The lowest BCUT2D eigenvalue weighted by atomic mass is 9.98. The SMILES string of the molecule is CCc1nc2c(cnn2CC)c(NC2CCOCC2)c1CNC(=O)c1cc2ccccc2cc1C(=O)NCc1ccc(F)c(-c2cccc(CN3CCNCC3)c2)c1. The van der Waals surface area contributed by atoms with Gasteiger partial charge in [-0.1, -0.05) is 55.5 Å². The van der Waals surface area contributed by atoms with Gasteiger partial charge in [0.25, 0.3) is 11.8 Å². The summed E-state index contributed by atoms with van der Waals surface area (Å²) in [6, 6.07) is 24.4. The number of anilines is 1. The molecule has 2 aliphatic rings. The molecule has 2 saturated heterocycles. The zero-order chi connectivity index (χ0) is 40.0. The molecule has 2 amide bonds. The first-order valence-corrected chi connectivity index (χ1v) is 20.5. The van der Waals surface area contributed by atoms with Crippen molar-refractivity contribution in [3.05, 3.63) is 124 Å². The third kappa shape index (κ3) is 8.59. The Hall–Kier alpha value is -5.69. The van der Waals surface area contributed by atoms with Gasteiger partial charge >= 0.3 is 0 Å². The van der Waals surface area contributed by atoms with Crippen molar-refractivity contribution in [2.75, 3.05) is 44.7 Å². The van der Waals surface area contributed by atoms with Crippen LogP contribution in [-0.4, -0.2) is 76.9 Å². The molecule has 0 unspecified atom stereocenters. The average Bonchev–Trinajstić information content (AvgIpc) is 3.68. The van der Waals surface area contributed by atoms with Gasteiger partial charge in [-0.05, 0) is 84.0 Å². The molecule has 0 spiro atoms. The molecule has 6 aromatic rings. The lowest BCUT2D eigenvalue weighted by molar-refractivity contribution is 0.0904. The molecule has 12 heteroatoms. The van der Waals surface area contributed by atoms with Crippen molar-refractivity contribution >= 4 is 39.3 Å². The number of amides is 2. The summed E-state index contributed by atoms with van der Waals surface area (Å²) in [6.45, 7) is 11.2. The van der Waals surface area contributed by atoms with Gasteiger partial charge < -0.3 is 26.0 Å². The number of nitrogens with one attached hydrogen (secondary N) is 4. The van der Waals surface area contributed by atoms with E-state index < -0.39 is 5.91 Å². The summed E-state index contributed by atoms with van der Waals surface area (Å²) in [5.74, 6) is -1.09. The minimum atomic E-state index is -0.397. The summed E-state index contributed by atoms with van der Waals surface area (Å²) in [4.78, 5) is 35.7. The van der Waals surface area contributed by atoms with Gasteiger partial charge in [-0.15, -0.1) is 0 Å². The van der Waals surface area contributed by atoms with E-state index in [-0.39, 0.29) is 42.0 Å². The van der Waals surface area contributed by atoms with Gasteiger partial charge in [0.15, 0.2) is 5.65 Å². The monoisotopic (exact) mass is 782 g/mol. The number of fused-ring (bicyclic) bond motifs is 2. The molecule has 4 aromatic carbocycles. The van der Waals surface area contributed by atoms with Crippen LogP contribution in [0.3, 0.4) is 0 Å². The number of pyridine rings is 1. The van der Waals surface area contributed by atoms with Crippen molar-refractivity contribution in [2.24, 2.45) is 0 Å². The zero-order valence-electron chi connectivity index (χ0n) is 33.2. The first kappa shape index (κ1) is 39.2. The summed E-state index contributed by atoms with van der Waals surface area (Å²) >= 11 is 0. The fourth-order valence-electron chi connectivity index (χ4n) is 8.13. The van der Waals surface area contributed by atoms with Crippen LogP contribution in [0.2, 0.25) is 0 Å². The summed E-state index contributed by atoms with van der Waals surface area (Å²) in [5.41, 5.74) is 7.18. The number of rotatable bonds is 13. The summed E-state index contributed by atoms with van der Waals surface area (Å²) in [5, 5.41) is 20.5. The van der Waals surface area contributed by atoms with Gasteiger partial charge in [-0.25, -0.2) is 14.1 Å². The topological polar surface area (TPSA) is 125 Å². The van der Waals surface area contributed by atoms with E-state index in [9.17, 15) is 9.59 Å². The van der Waals surface area contributed by atoms with E-state index in [1.54, 1.807) is 24.3 Å². The van der Waals surface area contributed by atoms with Gasteiger partial charge in [0.05, 0.1) is 28.4 Å². The summed E-state index contributed by atoms with van der Waals surface area (Å²) in [6.07, 6.45) is 4.26. The molecular weight excluding hydrogens is 732 g/mol. The van der Waals surface area contributed by atoms with Crippen LogP contribution >= 0.6 is 0 Å². The average molecular weight is 783 g/mol. The number of piperazine rings is 1. The first-order valence-electron chi connectivity index (χ1n) is 20.5. The second kappa shape index (κ2) is 17.8. The van der Waals surface area contributed by atoms with Crippen LogP contribution in [-0.2, 0) is 37.3 Å². The highest BCUT2D eigenvalue weighted by atomic mass is 19.1. The van der Waals surface area contributed by atoms with E-state index in [1.165, 1.54) is 6.07 Å². The summed E-state index contributed by atoms with van der Waals surface area (Å²) < 4.78 is 22.8. The van der Waals surface area contributed by atoms with Crippen molar-refractivity contribution in [2.45, 2.75) is 65.3 Å². The quantitative estimate of drug-likeness (QED) is 0.101. The van der Waals surface area contributed by atoms with Crippen molar-refractivity contribution in [3.8, 4) is 11.1 Å². The van der Waals surface area contributed by atoms with Gasteiger partial charge in [0, 0.05) is 88.4 Å². The lowest BCUT2D eigenvalue weighted by Gasteiger charge is -2.27. The number of hydrogen-bond donors (Lipinski definition) is 4. The smallest absolute Gasteiger partial charge is 0.252 e. The number of benzene rings is 4. The first-order chi connectivity index (χ1) is 28.4. The highest BCUT2D eigenvalue weighted by molar-refractivity contribution is 6.10. The Labute approximate surface area is 338 Å². The second-order valence-electron chi connectivity index (χ2n) is 15.1. The number of aryl methyl sites for hydroxylation is 2. The molecule has 2 aliphatic heterocycles. The molecule has 0 aliphatic carbocycles. The molecule has 0 radical (unpaired) electrons. The molecule has 0 saturated carbocycles. The third-order valence-electron chi connectivity index (χ3n) is 11.3. The molecule has 0 bridgehead atoms. The highest BCUT2D eigenvalue weighted by Gasteiger charge is 2.24. The summed E-state index contributed by atoms with van der Waals surface area (Å²) in [7, 11) is 0. The Morgan fingerprint density at radius 2 is 1.59 bits per heavy atom. The Balaban J connectivity index is 1.03. The number of aromatic nitrogens is 3. The number of nitrogens with zero attached hydrogens (tertiary/aromatic N) is 4. The number of ether oxygens (including phenoxy) is 1. The highest BCUT2D eigenvalue weighted by Crippen LogP contribution is 2.32. The van der Waals surface area contributed by atoms with E-state index in [0.29, 0.717) is 31.7 Å². The lowest BCUT2D eigenvalue weighted by Crippen LogP contribution is -2.42. The molecule has 2 fully saturated rings. The maximum Gasteiger partial charge on any atom is 0.252 e. The number of hydrogen-bond acceptors (Lipinski definition) is 8. The fraction of sp³-hybridized carbons (Fsp3) is 0.348. The predicted octanol–water partition coefficient (Wildman–Crippen LogP) is 6.83. The van der Waals surface area contributed by atoms with E-state index in [1.807, 2.05) is 60.3 Å². The van der Waals surface area contributed by atoms with Crippen LogP contribution in [0.5, 0.6) is 0 Å². The van der Waals surface area contributed by atoms with Crippen LogP contribution in [0.15, 0.2) is 85.1 Å². The van der Waals surface area contributed by atoms with Crippen LogP contribution in [0.4, 0.5) is 10.1 Å². The minimum Gasteiger partial charge on any atom is -0.381 e. The molecule has 8 rings (SSSR count). The second-order valence-corrected chi connectivity index (χ2v) is 15.1. The van der Waals surface area contributed by atoms with Gasteiger partial charge in [0.2, 0.25) is 0 Å². The number of carbonyl (C=O) groups is 2. The van der Waals surface area contributed by atoms with Gasteiger partial charge in [0.1, 0.15) is 5.82 Å². The molecule has 11 nitrogen and oxygen atoms in total. The molecule has 4 heterocycles. The van der Waals surface area contributed by atoms with Crippen molar-refractivity contribution in [3.63, 3.8) is 0 Å². The number of carbonyl (C=O) groups excluding carboxylic acids is 2. The van der Waals surface area contributed by atoms with Crippen LogP contribution < -0.4 is 21.3 Å². The normalized spacial score (nSPS) is 15.2. The van der Waals surface area contributed by atoms with Crippen molar-refractivity contribution < 1.29 is 18.7 Å². The van der Waals surface area contributed by atoms with Crippen molar-refractivity contribution in [1.29, 1.82) is 0 Å². The van der Waals surface area contributed by atoms with Crippen LogP contribution in [0.1, 0.15) is 69.8 Å². The van der Waals surface area contributed by atoms with Crippen molar-refractivity contribution in [1.82, 2.24) is 35.6 Å². The Morgan fingerprint density at radius 3 is 2.29 bits per heavy atom. The molecule has 300 valence electrons.